The second kappa shape index (κ2) is 8.13. The Kier molecular flexibility index (Phi) is 5.13. The molecule has 166 valence electrons. The molecule has 3 heterocycles. The predicted molar refractivity (Wildman–Crippen MR) is 122 cm³/mol. The van der Waals surface area contributed by atoms with Crippen LogP contribution in [-0.2, 0) is 6.54 Å². The average molecular weight is 443 g/mol. The topological polar surface area (TPSA) is 97.2 Å². The fourth-order valence-corrected chi connectivity index (χ4v) is 3.95. The Morgan fingerprint density at radius 1 is 1.12 bits per heavy atom. The van der Waals surface area contributed by atoms with Crippen LogP contribution in [0.3, 0.4) is 0 Å². The zero-order valence-corrected chi connectivity index (χ0v) is 18.7. The van der Waals surface area contributed by atoms with Gasteiger partial charge in [0.15, 0.2) is 5.82 Å². The minimum atomic E-state index is -0.274. The van der Waals surface area contributed by atoms with E-state index in [0.29, 0.717) is 28.8 Å². The van der Waals surface area contributed by atoms with Gasteiger partial charge < -0.3 is 5.32 Å². The Morgan fingerprint density at radius 3 is 2.55 bits per heavy atom. The SMILES string of the molecule is Cc1nn(-c2cc(Nc3c(C)c(-c4ccc(F)cc4)nn3CC3CC3)ncn2)c(C)c1C#N. The Morgan fingerprint density at radius 2 is 1.88 bits per heavy atom. The largest absolute Gasteiger partial charge is 0.325 e. The predicted octanol–water partition coefficient (Wildman–Crippen LogP) is 4.62. The summed E-state index contributed by atoms with van der Waals surface area (Å²) in [5.74, 6) is 2.35. The lowest BCUT2D eigenvalue weighted by atomic mass is 10.1. The van der Waals surface area contributed by atoms with Crippen LogP contribution in [0.4, 0.5) is 16.0 Å². The molecule has 9 heteroatoms. The molecule has 0 amide bonds. The van der Waals surface area contributed by atoms with Crippen molar-refractivity contribution in [1.82, 2.24) is 29.5 Å². The molecule has 0 unspecified atom stereocenters. The molecule has 1 aliphatic carbocycles. The summed E-state index contributed by atoms with van der Waals surface area (Å²) in [7, 11) is 0. The fourth-order valence-electron chi connectivity index (χ4n) is 3.95. The van der Waals surface area contributed by atoms with Crippen molar-refractivity contribution in [3.8, 4) is 23.1 Å². The smallest absolute Gasteiger partial charge is 0.159 e. The highest BCUT2D eigenvalue weighted by atomic mass is 19.1. The molecule has 0 radical (unpaired) electrons. The van der Waals surface area contributed by atoms with Gasteiger partial charge in [0.25, 0.3) is 0 Å². The van der Waals surface area contributed by atoms with Crippen molar-refractivity contribution in [2.75, 3.05) is 5.32 Å². The average Bonchev–Trinajstić information content (AvgIpc) is 3.52. The Balaban J connectivity index is 1.52. The molecule has 4 aromatic rings. The summed E-state index contributed by atoms with van der Waals surface area (Å²) in [6, 6.07) is 10.4. The standard InChI is InChI=1S/C24H23FN8/c1-14-23(18-6-8-19(25)9-7-18)31-32(12-17-4-5-17)24(14)29-21-10-22(28-13-27-21)33-16(3)20(11-26)15(2)30-33/h6-10,13,17H,4-5,12H2,1-3H3,(H,27,28,29). The van der Waals surface area contributed by atoms with E-state index >= 15 is 0 Å². The molecule has 3 aromatic heterocycles. The minimum absolute atomic E-state index is 0.274. The minimum Gasteiger partial charge on any atom is -0.325 e. The molecule has 1 N–H and O–H groups in total. The number of nitrogens with zero attached hydrogens (tertiary/aromatic N) is 7. The second-order valence-electron chi connectivity index (χ2n) is 8.41. The summed E-state index contributed by atoms with van der Waals surface area (Å²) in [5, 5.41) is 22.1. The third-order valence-electron chi connectivity index (χ3n) is 5.95. The van der Waals surface area contributed by atoms with Gasteiger partial charge in [0.05, 0.1) is 22.6 Å². The van der Waals surface area contributed by atoms with Crippen molar-refractivity contribution < 1.29 is 4.39 Å². The summed E-state index contributed by atoms with van der Waals surface area (Å²) < 4.78 is 17.1. The molecule has 1 fully saturated rings. The van der Waals surface area contributed by atoms with Crippen molar-refractivity contribution in [2.45, 2.75) is 40.2 Å². The van der Waals surface area contributed by atoms with E-state index in [-0.39, 0.29) is 5.82 Å². The highest BCUT2D eigenvalue weighted by Gasteiger charge is 2.26. The first kappa shape index (κ1) is 20.8. The van der Waals surface area contributed by atoms with Crippen LogP contribution in [-0.4, -0.2) is 29.5 Å². The van der Waals surface area contributed by atoms with E-state index in [1.165, 1.54) is 31.3 Å². The number of nitriles is 1. The highest BCUT2D eigenvalue weighted by molar-refractivity contribution is 5.71. The molecule has 0 spiro atoms. The van der Waals surface area contributed by atoms with Gasteiger partial charge in [-0.3, -0.25) is 0 Å². The van der Waals surface area contributed by atoms with Gasteiger partial charge in [-0.2, -0.15) is 15.5 Å². The Labute approximate surface area is 190 Å². The zero-order chi connectivity index (χ0) is 23.1. The van der Waals surface area contributed by atoms with Crippen LogP contribution in [0.1, 0.15) is 35.4 Å². The first-order valence-corrected chi connectivity index (χ1v) is 10.8. The number of nitrogens with one attached hydrogen (secondary N) is 1. The van der Waals surface area contributed by atoms with Crippen LogP contribution >= 0.6 is 0 Å². The lowest BCUT2D eigenvalue weighted by molar-refractivity contribution is 0.571. The quantitative estimate of drug-likeness (QED) is 0.468. The Bertz CT molecular complexity index is 1370. The molecule has 1 saturated carbocycles. The highest BCUT2D eigenvalue weighted by Crippen LogP contribution is 2.35. The van der Waals surface area contributed by atoms with E-state index in [1.807, 2.05) is 18.5 Å². The Hall–Kier alpha value is -4.06. The molecule has 8 nitrogen and oxygen atoms in total. The van der Waals surface area contributed by atoms with Crippen molar-refractivity contribution >= 4 is 11.6 Å². The van der Waals surface area contributed by atoms with E-state index < -0.39 is 0 Å². The summed E-state index contributed by atoms with van der Waals surface area (Å²) >= 11 is 0. The number of rotatable bonds is 6. The molecule has 1 aliphatic rings. The number of benzene rings is 1. The van der Waals surface area contributed by atoms with Crippen molar-refractivity contribution in [3.05, 3.63) is 65.0 Å². The molecule has 0 atom stereocenters. The maximum atomic E-state index is 13.4. The lowest BCUT2D eigenvalue weighted by Crippen LogP contribution is -2.09. The van der Waals surface area contributed by atoms with Crippen LogP contribution in [0.25, 0.3) is 17.1 Å². The number of hydrogen-bond donors (Lipinski definition) is 1. The van der Waals surface area contributed by atoms with Crippen LogP contribution in [0.2, 0.25) is 0 Å². The first-order valence-electron chi connectivity index (χ1n) is 10.8. The van der Waals surface area contributed by atoms with Gasteiger partial charge in [-0.1, -0.05) is 0 Å². The maximum Gasteiger partial charge on any atom is 0.159 e. The number of aromatic nitrogens is 6. The second-order valence-corrected chi connectivity index (χ2v) is 8.41. The van der Waals surface area contributed by atoms with E-state index in [2.05, 4.69) is 26.5 Å². The van der Waals surface area contributed by atoms with Gasteiger partial charge in [0.2, 0.25) is 0 Å². The van der Waals surface area contributed by atoms with Crippen molar-refractivity contribution in [1.29, 1.82) is 5.26 Å². The molecule has 5 rings (SSSR count). The van der Waals surface area contributed by atoms with Crippen molar-refractivity contribution in [2.24, 2.45) is 5.92 Å². The lowest BCUT2D eigenvalue weighted by Gasteiger charge is -2.11. The van der Waals surface area contributed by atoms with Gasteiger partial charge in [0, 0.05) is 23.7 Å². The summed E-state index contributed by atoms with van der Waals surface area (Å²) in [4.78, 5) is 8.74. The molecular weight excluding hydrogens is 419 g/mol. The molecule has 0 saturated heterocycles. The van der Waals surface area contributed by atoms with Crippen LogP contribution < -0.4 is 5.32 Å². The normalized spacial score (nSPS) is 13.2. The summed E-state index contributed by atoms with van der Waals surface area (Å²) in [6.07, 6.45) is 3.86. The molecule has 0 bridgehead atoms. The van der Waals surface area contributed by atoms with Crippen LogP contribution in [0, 0.1) is 43.8 Å². The van der Waals surface area contributed by atoms with E-state index in [1.54, 1.807) is 29.8 Å². The molecular formula is C24H23FN8. The number of hydrogen-bond acceptors (Lipinski definition) is 6. The molecule has 33 heavy (non-hydrogen) atoms. The number of aryl methyl sites for hydroxylation is 1. The molecule has 0 aliphatic heterocycles. The maximum absolute atomic E-state index is 13.4. The third-order valence-corrected chi connectivity index (χ3v) is 5.95. The monoisotopic (exact) mass is 442 g/mol. The van der Waals surface area contributed by atoms with Gasteiger partial charge in [-0.15, -0.1) is 0 Å². The van der Waals surface area contributed by atoms with Gasteiger partial charge in [0.1, 0.15) is 29.8 Å². The number of halogens is 1. The van der Waals surface area contributed by atoms with E-state index in [0.717, 1.165) is 34.9 Å². The summed E-state index contributed by atoms with van der Waals surface area (Å²) in [6.45, 7) is 6.46. The van der Waals surface area contributed by atoms with Crippen molar-refractivity contribution in [3.63, 3.8) is 0 Å². The zero-order valence-electron chi connectivity index (χ0n) is 18.7. The molecule has 1 aromatic carbocycles. The van der Waals surface area contributed by atoms with E-state index in [4.69, 9.17) is 5.10 Å². The first-order chi connectivity index (χ1) is 15.9. The van der Waals surface area contributed by atoms with Crippen LogP contribution in [0.15, 0.2) is 36.7 Å². The number of anilines is 2. The van der Waals surface area contributed by atoms with Gasteiger partial charge >= 0.3 is 0 Å². The van der Waals surface area contributed by atoms with Gasteiger partial charge in [-0.25, -0.2) is 23.7 Å². The van der Waals surface area contributed by atoms with E-state index in [9.17, 15) is 9.65 Å². The summed E-state index contributed by atoms with van der Waals surface area (Å²) in [5.41, 5.74) is 4.57. The van der Waals surface area contributed by atoms with Crippen LogP contribution in [0.5, 0.6) is 0 Å². The fraction of sp³-hybridized carbons (Fsp3) is 0.292. The van der Waals surface area contributed by atoms with Gasteiger partial charge in [-0.05, 0) is 63.8 Å². The third kappa shape index (κ3) is 3.96.